The summed E-state index contributed by atoms with van der Waals surface area (Å²) in [7, 11) is 0. The van der Waals surface area contributed by atoms with Gasteiger partial charge in [0, 0.05) is 17.7 Å². The molecule has 9 heteroatoms. The summed E-state index contributed by atoms with van der Waals surface area (Å²) in [5.41, 5.74) is 16.2. The Balaban J connectivity index is 0.00000484. The molecular weight excluding hydrogens is 548 g/mol. The van der Waals surface area contributed by atoms with Crippen molar-refractivity contribution in [3.8, 4) is 0 Å². The van der Waals surface area contributed by atoms with Crippen molar-refractivity contribution in [3.05, 3.63) is 106 Å². The zero-order valence-corrected chi connectivity index (χ0v) is 24.8. The number of aryl methyl sites for hydroxylation is 1. The Hall–Kier alpha value is -4.17. The first-order valence-corrected chi connectivity index (χ1v) is 14.2. The molecule has 1 aliphatic carbocycles. The first kappa shape index (κ1) is 32.3. The third kappa shape index (κ3) is 8.66. The van der Waals surface area contributed by atoms with Crippen LogP contribution in [0.3, 0.4) is 0 Å². The lowest BCUT2D eigenvalue weighted by molar-refractivity contribution is -0.131. The molecule has 0 heterocycles. The second kappa shape index (κ2) is 15.2. The number of carbonyl (C=O) groups is 2. The van der Waals surface area contributed by atoms with Crippen LogP contribution < -0.4 is 22.1 Å². The van der Waals surface area contributed by atoms with E-state index in [0.717, 1.165) is 54.4 Å². The molecule has 0 aromatic heterocycles. The van der Waals surface area contributed by atoms with Gasteiger partial charge >= 0.3 is 0 Å². The van der Waals surface area contributed by atoms with Gasteiger partial charge in [-0.15, -0.1) is 12.4 Å². The molecule has 0 bridgehead atoms. The third-order valence-corrected chi connectivity index (χ3v) is 7.90. The summed E-state index contributed by atoms with van der Waals surface area (Å²) in [4.78, 5) is 27.6. The highest BCUT2D eigenvalue weighted by molar-refractivity contribution is 5.95. The van der Waals surface area contributed by atoms with Gasteiger partial charge in [0.15, 0.2) is 0 Å². The van der Waals surface area contributed by atoms with Gasteiger partial charge in [0.1, 0.15) is 17.7 Å². The molecule has 0 radical (unpaired) electrons. The third-order valence-electron chi connectivity index (χ3n) is 7.90. The molecule has 0 spiro atoms. The fourth-order valence-electron chi connectivity index (χ4n) is 5.52. The Kier molecular flexibility index (Phi) is 11.7. The fourth-order valence-corrected chi connectivity index (χ4v) is 5.52. The first-order chi connectivity index (χ1) is 19.7. The van der Waals surface area contributed by atoms with E-state index in [1.54, 1.807) is 24.3 Å². The molecular formula is C33H41ClN6O2. The number of nitrogens with two attached hydrogens (primary N) is 2. The summed E-state index contributed by atoms with van der Waals surface area (Å²) in [6.45, 7) is 2.32. The monoisotopic (exact) mass is 588 g/mol. The van der Waals surface area contributed by atoms with E-state index in [2.05, 4.69) is 10.6 Å². The summed E-state index contributed by atoms with van der Waals surface area (Å²) >= 11 is 0. The van der Waals surface area contributed by atoms with E-state index < -0.39 is 12.0 Å². The van der Waals surface area contributed by atoms with E-state index in [0.29, 0.717) is 24.1 Å². The molecule has 8 N–H and O–H groups in total. The van der Waals surface area contributed by atoms with E-state index in [1.165, 1.54) is 0 Å². The van der Waals surface area contributed by atoms with Crippen LogP contribution in [0.4, 0.5) is 0 Å². The van der Waals surface area contributed by atoms with Crippen LogP contribution in [-0.2, 0) is 22.6 Å². The lowest BCUT2D eigenvalue weighted by Crippen LogP contribution is -2.52. The zero-order valence-electron chi connectivity index (χ0n) is 24.0. The standard InChI is InChI=1S/C33H40N6O2.ClH/c1-21-6-5-9-27(18-21)28(19-22-10-14-25(15-11-22)30(34)35)32(40)39-29(24-7-3-2-4-8-24)33(41)38-20-23-12-16-26(17-13-23)31(36)37;/h5-6,9-18,24,28-29H,2-4,7-8,19-20H2,1H3,(H3,34,35)(H3,36,37)(H,38,41)(H,39,40);1H/t28?,29-;/m0./s1. The molecule has 3 aromatic rings. The van der Waals surface area contributed by atoms with Gasteiger partial charge in [-0.25, -0.2) is 0 Å². The molecule has 0 saturated heterocycles. The number of hydrogen-bond donors (Lipinski definition) is 6. The van der Waals surface area contributed by atoms with E-state index >= 15 is 0 Å². The summed E-state index contributed by atoms with van der Waals surface area (Å²) in [5, 5.41) is 21.4. The van der Waals surface area contributed by atoms with Gasteiger partial charge in [-0.05, 0) is 48.8 Å². The number of benzene rings is 3. The average molecular weight is 589 g/mol. The van der Waals surface area contributed by atoms with Crippen molar-refractivity contribution < 1.29 is 9.59 Å². The largest absolute Gasteiger partial charge is 0.384 e. The molecule has 1 unspecified atom stereocenters. The number of nitrogens with one attached hydrogen (secondary N) is 4. The van der Waals surface area contributed by atoms with Gasteiger partial charge in [-0.3, -0.25) is 20.4 Å². The molecule has 222 valence electrons. The summed E-state index contributed by atoms with van der Waals surface area (Å²) < 4.78 is 0. The highest BCUT2D eigenvalue weighted by Gasteiger charge is 2.33. The number of amidine groups is 2. The van der Waals surface area contributed by atoms with Crippen molar-refractivity contribution >= 4 is 35.9 Å². The molecule has 1 fully saturated rings. The lowest BCUT2D eigenvalue weighted by Gasteiger charge is -2.31. The highest BCUT2D eigenvalue weighted by atomic mass is 35.5. The van der Waals surface area contributed by atoms with Crippen molar-refractivity contribution in [2.24, 2.45) is 17.4 Å². The average Bonchev–Trinajstić information content (AvgIpc) is 2.98. The van der Waals surface area contributed by atoms with Crippen LogP contribution in [0.25, 0.3) is 0 Å². The van der Waals surface area contributed by atoms with Crippen LogP contribution >= 0.6 is 12.4 Å². The van der Waals surface area contributed by atoms with Gasteiger partial charge in [-0.1, -0.05) is 97.6 Å². The van der Waals surface area contributed by atoms with Crippen LogP contribution in [-0.4, -0.2) is 29.5 Å². The van der Waals surface area contributed by atoms with Crippen LogP contribution in [0.2, 0.25) is 0 Å². The van der Waals surface area contributed by atoms with Gasteiger partial charge in [0.05, 0.1) is 5.92 Å². The maximum Gasteiger partial charge on any atom is 0.243 e. The number of amides is 2. The SMILES string of the molecule is Cc1cccc(C(Cc2ccc(C(=N)N)cc2)C(=O)N[C@H](C(=O)NCc2ccc(C(=N)N)cc2)C2CCCCC2)c1.Cl. The summed E-state index contributed by atoms with van der Waals surface area (Å²) in [5.74, 6) is -0.784. The molecule has 1 aliphatic rings. The van der Waals surface area contributed by atoms with Crippen LogP contribution in [0.5, 0.6) is 0 Å². The Morgan fingerprint density at radius 3 is 1.95 bits per heavy atom. The quantitative estimate of drug-likeness (QED) is 0.142. The van der Waals surface area contributed by atoms with Crippen LogP contribution in [0.1, 0.15) is 71.4 Å². The predicted octanol–water partition coefficient (Wildman–Crippen LogP) is 4.69. The number of nitrogen functional groups attached to an aromatic ring is 2. The molecule has 8 nitrogen and oxygen atoms in total. The first-order valence-electron chi connectivity index (χ1n) is 14.2. The van der Waals surface area contributed by atoms with Crippen molar-refractivity contribution in [2.75, 3.05) is 0 Å². The van der Waals surface area contributed by atoms with E-state index in [1.807, 2.05) is 55.5 Å². The Labute approximate surface area is 254 Å². The summed E-state index contributed by atoms with van der Waals surface area (Å²) in [6, 6.07) is 21.9. The van der Waals surface area contributed by atoms with Crippen molar-refractivity contribution in [2.45, 2.75) is 64.0 Å². The second-order valence-electron chi connectivity index (χ2n) is 11.0. The Morgan fingerprint density at radius 1 is 0.833 bits per heavy atom. The number of halogens is 1. The van der Waals surface area contributed by atoms with Gasteiger partial charge in [-0.2, -0.15) is 0 Å². The van der Waals surface area contributed by atoms with Crippen LogP contribution in [0, 0.1) is 23.7 Å². The Morgan fingerprint density at radius 2 is 1.40 bits per heavy atom. The zero-order chi connectivity index (χ0) is 29.4. The second-order valence-corrected chi connectivity index (χ2v) is 11.0. The maximum absolute atomic E-state index is 14.0. The van der Waals surface area contributed by atoms with E-state index in [-0.39, 0.29) is 41.8 Å². The van der Waals surface area contributed by atoms with Gasteiger partial charge < -0.3 is 22.1 Å². The molecule has 3 aromatic carbocycles. The smallest absolute Gasteiger partial charge is 0.243 e. The molecule has 4 rings (SSSR count). The number of hydrogen-bond acceptors (Lipinski definition) is 4. The van der Waals surface area contributed by atoms with Crippen LogP contribution in [0.15, 0.2) is 72.8 Å². The van der Waals surface area contributed by atoms with Crippen molar-refractivity contribution in [3.63, 3.8) is 0 Å². The summed E-state index contributed by atoms with van der Waals surface area (Å²) in [6.07, 6.45) is 5.47. The minimum atomic E-state index is -0.633. The molecule has 0 aliphatic heterocycles. The molecule has 1 saturated carbocycles. The Bertz CT molecular complexity index is 1380. The maximum atomic E-state index is 14.0. The fraction of sp³-hybridized carbons (Fsp3) is 0.333. The number of carbonyl (C=O) groups excluding carboxylic acids is 2. The lowest BCUT2D eigenvalue weighted by atomic mass is 9.82. The van der Waals surface area contributed by atoms with Gasteiger partial charge in [0.25, 0.3) is 0 Å². The topological polar surface area (TPSA) is 158 Å². The number of rotatable bonds is 11. The van der Waals surface area contributed by atoms with Gasteiger partial charge in [0.2, 0.25) is 11.8 Å². The molecule has 2 amide bonds. The van der Waals surface area contributed by atoms with Crippen molar-refractivity contribution in [1.82, 2.24) is 10.6 Å². The normalized spacial score (nSPS) is 14.6. The molecule has 42 heavy (non-hydrogen) atoms. The minimum absolute atomic E-state index is 0. The van der Waals surface area contributed by atoms with E-state index in [4.69, 9.17) is 22.3 Å². The predicted molar refractivity (Wildman–Crippen MR) is 170 cm³/mol. The minimum Gasteiger partial charge on any atom is -0.384 e. The highest BCUT2D eigenvalue weighted by Crippen LogP contribution is 2.28. The molecule has 2 atom stereocenters. The van der Waals surface area contributed by atoms with E-state index in [9.17, 15) is 9.59 Å². The van der Waals surface area contributed by atoms with Crippen molar-refractivity contribution in [1.29, 1.82) is 10.8 Å².